The third-order valence-electron chi connectivity index (χ3n) is 3.56. The number of carboxylic acids is 1. The zero-order chi connectivity index (χ0) is 15.8. The number of thioether (sulfide) groups is 1. The van der Waals surface area contributed by atoms with Gasteiger partial charge < -0.3 is 15.1 Å². The molecular formula is C14H26N2O4S. The van der Waals surface area contributed by atoms with E-state index in [-0.39, 0.29) is 24.6 Å². The summed E-state index contributed by atoms with van der Waals surface area (Å²) in [6, 6.07) is -1.02. The van der Waals surface area contributed by atoms with Crippen molar-refractivity contribution in [3.8, 4) is 0 Å². The van der Waals surface area contributed by atoms with E-state index in [0.717, 1.165) is 25.7 Å². The lowest BCUT2D eigenvalue weighted by atomic mass is 10.2. The van der Waals surface area contributed by atoms with Crippen LogP contribution in [0.4, 0.5) is 4.79 Å². The topological polar surface area (TPSA) is 81.1 Å². The van der Waals surface area contributed by atoms with Crippen molar-refractivity contribution < 1.29 is 19.8 Å². The molecule has 1 aliphatic heterocycles. The summed E-state index contributed by atoms with van der Waals surface area (Å²) in [5, 5.41) is 18.4. The number of amides is 2. The number of hydrogen-bond donors (Lipinski definition) is 2. The monoisotopic (exact) mass is 318 g/mol. The Morgan fingerprint density at radius 2 is 2.00 bits per heavy atom. The minimum Gasteiger partial charge on any atom is -0.480 e. The van der Waals surface area contributed by atoms with Gasteiger partial charge in [-0.3, -0.25) is 4.90 Å². The standard InChI is InChI=1S/C14H26N2O4S/c1-3-5-7-15(8-9-17)14(20)16-11(13(18)19)10-21-12(16)6-4-2/h11-12,17H,3-10H2,1-2H3,(H,18,19). The Morgan fingerprint density at radius 3 is 2.52 bits per heavy atom. The van der Waals surface area contributed by atoms with Crippen molar-refractivity contribution in [1.82, 2.24) is 9.80 Å². The van der Waals surface area contributed by atoms with Gasteiger partial charge in [0.25, 0.3) is 0 Å². The molecule has 2 amide bonds. The Bertz CT molecular complexity index is 354. The fraction of sp³-hybridized carbons (Fsp3) is 0.857. The van der Waals surface area contributed by atoms with Crippen molar-refractivity contribution in [3.05, 3.63) is 0 Å². The number of aliphatic hydroxyl groups is 1. The fourth-order valence-electron chi connectivity index (χ4n) is 2.42. The van der Waals surface area contributed by atoms with E-state index in [0.29, 0.717) is 12.3 Å². The first kappa shape index (κ1) is 18.1. The molecule has 0 radical (unpaired) electrons. The van der Waals surface area contributed by atoms with Crippen molar-refractivity contribution in [2.45, 2.75) is 50.9 Å². The molecule has 6 nitrogen and oxygen atoms in total. The predicted octanol–water partition coefficient (Wildman–Crippen LogP) is 1.83. The van der Waals surface area contributed by atoms with Crippen LogP contribution in [-0.2, 0) is 4.79 Å². The maximum atomic E-state index is 12.7. The molecule has 0 aromatic rings. The Kier molecular flexibility index (Phi) is 7.88. The molecule has 1 rings (SSSR count). The fourth-order valence-corrected chi connectivity index (χ4v) is 3.92. The van der Waals surface area contributed by atoms with Gasteiger partial charge in [0.15, 0.2) is 0 Å². The van der Waals surface area contributed by atoms with Crippen LogP contribution in [0.1, 0.15) is 39.5 Å². The van der Waals surface area contributed by atoms with Crippen LogP contribution in [0.5, 0.6) is 0 Å². The van der Waals surface area contributed by atoms with Crippen molar-refractivity contribution in [3.63, 3.8) is 0 Å². The van der Waals surface area contributed by atoms with Gasteiger partial charge in [0.2, 0.25) is 0 Å². The van der Waals surface area contributed by atoms with E-state index in [2.05, 4.69) is 0 Å². The summed E-state index contributed by atoms with van der Waals surface area (Å²) in [7, 11) is 0. The number of nitrogens with zero attached hydrogens (tertiary/aromatic N) is 2. The highest BCUT2D eigenvalue weighted by Crippen LogP contribution is 2.33. The van der Waals surface area contributed by atoms with Crippen LogP contribution in [-0.4, -0.2) is 68.9 Å². The van der Waals surface area contributed by atoms with Crippen LogP contribution in [0.2, 0.25) is 0 Å². The molecule has 0 bridgehead atoms. The molecule has 0 saturated carbocycles. The smallest absolute Gasteiger partial charge is 0.327 e. The van der Waals surface area contributed by atoms with E-state index in [1.165, 1.54) is 16.7 Å². The number of hydrogen-bond acceptors (Lipinski definition) is 4. The van der Waals surface area contributed by atoms with Gasteiger partial charge >= 0.3 is 12.0 Å². The Hall–Kier alpha value is -0.950. The predicted molar refractivity (Wildman–Crippen MR) is 83.4 cm³/mol. The average Bonchev–Trinajstić information content (AvgIpc) is 2.87. The number of carboxylic acid groups (broad SMARTS) is 1. The first-order valence-electron chi connectivity index (χ1n) is 7.59. The maximum Gasteiger partial charge on any atom is 0.327 e. The first-order valence-corrected chi connectivity index (χ1v) is 8.64. The van der Waals surface area contributed by atoms with Crippen molar-refractivity contribution in [2.24, 2.45) is 0 Å². The molecule has 21 heavy (non-hydrogen) atoms. The Balaban J connectivity index is 2.86. The molecule has 0 aromatic carbocycles. The number of unbranched alkanes of at least 4 members (excludes halogenated alkanes) is 1. The Labute approximate surface area is 130 Å². The number of aliphatic hydroxyl groups excluding tert-OH is 1. The van der Waals surface area contributed by atoms with Crippen LogP contribution < -0.4 is 0 Å². The van der Waals surface area contributed by atoms with Crippen LogP contribution in [0, 0.1) is 0 Å². The highest BCUT2D eigenvalue weighted by Gasteiger charge is 2.42. The molecule has 122 valence electrons. The number of carbonyl (C=O) groups excluding carboxylic acids is 1. The zero-order valence-corrected chi connectivity index (χ0v) is 13.6. The summed E-state index contributed by atoms with van der Waals surface area (Å²) in [5.74, 6) is -0.513. The van der Waals surface area contributed by atoms with Crippen molar-refractivity contribution >= 4 is 23.8 Å². The maximum absolute atomic E-state index is 12.7. The summed E-state index contributed by atoms with van der Waals surface area (Å²) < 4.78 is 0. The van der Waals surface area contributed by atoms with E-state index in [1.807, 2.05) is 13.8 Å². The molecule has 0 aromatic heterocycles. The van der Waals surface area contributed by atoms with Gasteiger partial charge in [-0.2, -0.15) is 0 Å². The average molecular weight is 318 g/mol. The van der Waals surface area contributed by atoms with Gasteiger partial charge in [0, 0.05) is 18.8 Å². The van der Waals surface area contributed by atoms with Gasteiger partial charge in [-0.1, -0.05) is 26.7 Å². The van der Waals surface area contributed by atoms with Gasteiger partial charge in [-0.05, 0) is 12.8 Å². The molecule has 2 unspecified atom stereocenters. The molecular weight excluding hydrogens is 292 g/mol. The van der Waals surface area contributed by atoms with E-state index in [1.54, 1.807) is 4.90 Å². The molecule has 1 saturated heterocycles. The molecule has 2 N–H and O–H groups in total. The van der Waals surface area contributed by atoms with Crippen LogP contribution in [0.15, 0.2) is 0 Å². The van der Waals surface area contributed by atoms with Crippen molar-refractivity contribution in [1.29, 1.82) is 0 Å². The number of urea groups is 1. The lowest BCUT2D eigenvalue weighted by Gasteiger charge is -2.33. The van der Waals surface area contributed by atoms with Crippen LogP contribution in [0.3, 0.4) is 0 Å². The van der Waals surface area contributed by atoms with E-state index in [9.17, 15) is 14.7 Å². The second kappa shape index (κ2) is 9.15. The van der Waals surface area contributed by atoms with E-state index < -0.39 is 12.0 Å². The van der Waals surface area contributed by atoms with E-state index >= 15 is 0 Å². The summed E-state index contributed by atoms with van der Waals surface area (Å²) in [5.41, 5.74) is 0. The Morgan fingerprint density at radius 1 is 1.29 bits per heavy atom. The SMILES string of the molecule is CCCCN(CCO)C(=O)N1C(CCC)SCC1C(=O)O. The number of rotatable bonds is 8. The lowest BCUT2D eigenvalue weighted by molar-refractivity contribution is -0.141. The molecule has 1 aliphatic rings. The zero-order valence-electron chi connectivity index (χ0n) is 12.8. The molecule has 0 aliphatic carbocycles. The summed E-state index contributed by atoms with van der Waals surface area (Å²) in [4.78, 5) is 27.2. The summed E-state index contributed by atoms with van der Waals surface area (Å²) in [6.07, 6.45) is 3.50. The summed E-state index contributed by atoms with van der Waals surface area (Å²) in [6.45, 7) is 4.77. The van der Waals surface area contributed by atoms with Gasteiger partial charge in [0.05, 0.1) is 12.0 Å². The normalized spacial score (nSPS) is 21.6. The van der Waals surface area contributed by atoms with E-state index in [4.69, 9.17) is 5.11 Å². The quantitative estimate of drug-likeness (QED) is 0.713. The minimum absolute atomic E-state index is 0.0774. The second-order valence-corrected chi connectivity index (χ2v) is 6.40. The third kappa shape index (κ3) is 4.78. The van der Waals surface area contributed by atoms with Crippen LogP contribution in [0.25, 0.3) is 0 Å². The molecule has 0 spiro atoms. The van der Waals surface area contributed by atoms with Gasteiger partial charge in [-0.15, -0.1) is 11.8 Å². The lowest BCUT2D eigenvalue weighted by Crippen LogP contribution is -2.52. The highest BCUT2D eigenvalue weighted by atomic mass is 32.2. The van der Waals surface area contributed by atoms with Gasteiger partial charge in [-0.25, -0.2) is 9.59 Å². The molecule has 2 atom stereocenters. The minimum atomic E-state index is -0.950. The first-order chi connectivity index (χ1) is 10.1. The summed E-state index contributed by atoms with van der Waals surface area (Å²) >= 11 is 1.53. The second-order valence-electron chi connectivity index (χ2n) is 5.18. The van der Waals surface area contributed by atoms with Crippen molar-refractivity contribution in [2.75, 3.05) is 25.4 Å². The molecule has 1 fully saturated rings. The number of aliphatic carboxylic acids is 1. The third-order valence-corrected chi connectivity index (χ3v) is 4.91. The van der Waals surface area contributed by atoms with Crippen LogP contribution >= 0.6 is 11.8 Å². The molecule has 7 heteroatoms. The van der Waals surface area contributed by atoms with Gasteiger partial charge in [0.1, 0.15) is 6.04 Å². The largest absolute Gasteiger partial charge is 0.480 e. The highest BCUT2D eigenvalue weighted by molar-refractivity contribution is 8.00. The molecule has 1 heterocycles. The number of carbonyl (C=O) groups is 2.